The van der Waals surface area contributed by atoms with E-state index >= 15 is 0 Å². The molecule has 0 amide bonds. The van der Waals surface area contributed by atoms with Crippen molar-refractivity contribution < 1.29 is 4.74 Å². The Morgan fingerprint density at radius 3 is 1.34 bits per heavy atom. The number of nitrogens with zero attached hydrogens (tertiary/aromatic N) is 1. The van der Waals surface area contributed by atoms with Crippen LogP contribution in [0.25, 0.3) is 86.9 Å². The quantitative estimate of drug-likeness (QED) is 0.174. The maximum absolute atomic E-state index is 5.56. The molecule has 0 spiro atoms. The van der Waals surface area contributed by atoms with Gasteiger partial charge in [-0.2, -0.15) is 0 Å². The first-order chi connectivity index (χ1) is 26.3. The molecular weight excluding hydrogens is 643 g/mol. The van der Waals surface area contributed by atoms with E-state index in [0.717, 1.165) is 22.8 Å². The van der Waals surface area contributed by atoms with Crippen LogP contribution in [0, 0.1) is 0 Å². The second-order valence-electron chi connectivity index (χ2n) is 13.9. The molecule has 248 valence electrons. The average molecular weight is 676 g/mol. The van der Waals surface area contributed by atoms with Crippen LogP contribution in [0.2, 0.25) is 0 Å². The predicted octanol–water partition coefficient (Wildman–Crippen LogP) is 14.3. The van der Waals surface area contributed by atoms with E-state index in [1.165, 1.54) is 86.9 Å². The smallest absolute Gasteiger partial charge is 0.119 e. The zero-order valence-corrected chi connectivity index (χ0v) is 29.2. The van der Waals surface area contributed by atoms with Crippen LogP contribution >= 0.6 is 0 Å². The third-order valence-corrected chi connectivity index (χ3v) is 11.2. The van der Waals surface area contributed by atoms with Crippen molar-refractivity contribution >= 4 is 81.7 Å². The molecule has 11 rings (SSSR count). The Bertz CT molecular complexity index is 2990. The highest BCUT2D eigenvalue weighted by Crippen LogP contribution is 2.56. The standard InChI is InChI=1S/C51H33NO/c1-53-37-28-26-36(27-29-37)52(35-20-9-4-10-21-35)43-31-30-42-47-38(43)22-13-25-41(47)50-45(33-14-5-2-6-15-33)48-39-23-11-18-32-19-12-24-40(44(32)39)49(48)46(51(42)50)34-16-7-3-8-17-34/h2-31H,1H3. The van der Waals surface area contributed by atoms with E-state index in [1.807, 2.05) is 12.1 Å². The number of para-hydroxylation sites is 1. The number of hydrogen-bond donors (Lipinski definition) is 0. The van der Waals surface area contributed by atoms with Gasteiger partial charge in [0.25, 0.3) is 0 Å². The topological polar surface area (TPSA) is 12.5 Å². The highest BCUT2D eigenvalue weighted by Gasteiger charge is 2.28. The largest absolute Gasteiger partial charge is 0.497 e. The van der Waals surface area contributed by atoms with E-state index in [4.69, 9.17) is 4.74 Å². The molecule has 0 aliphatic carbocycles. The summed E-state index contributed by atoms with van der Waals surface area (Å²) in [6, 6.07) is 66.4. The molecular formula is C51H33NO. The molecule has 0 fully saturated rings. The first kappa shape index (κ1) is 29.8. The zero-order chi connectivity index (χ0) is 35.0. The first-order valence-electron chi connectivity index (χ1n) is 18.2. The summed E-state index contributed by atoms with van der Waals surface area (Å²) in [4.78, 5) is 2.37. The third kappa shape index (κ3) is 4.27. The summed E-state index contributed by atoms with van der Waals surface area (Å²) in [7, 11) is 1.72. The fraction of sp³-hybridized carbons (Fsp3) is 0.0196. The number of methoxy groups -OCH3 is 1. The fourth-order valence-corrected chi connectivity index (χ4v) is 9.11. The lowest BCUT2D eigenvalue weighted by Gasteiger charge is -2.27. The summed E-state index contributed by atoms with van der Waals surface area (Å²) in [6.45, 7) is 0. The third-order valence-electron chi connectivity index (χ3n) is 11.2. The maximum atomic E-state index is 5.56. The molecule has 0 atom stereocenters. The van der Waals surface area contributed by atoms with Crippen LogP contribution in [0.5, 0.6) is 5.75 Å². The van der Waals surface area contributed by atoms with Crippen molar-refractivity contribution in [1.82, 2.24) is 0 Å². The SMILES string of the molecule is COc1ccc(N(c2ccccc2)c2ccc3c4c(-c5ccccc5)c5c6cccc7cccc(c5c(-c5ccccc5)c4c4cccc2c43)c76)cc1. The van der Waals surface area contributed by atoms with Crippen molar-refractivity contribution in [3.63, 3.8) is 0 Å². The number of anilines is 3. The Morgan fingerprint density at radius 2 is 0.792 bits per heavy atom. The number of ether oxygens (including phenoxy) is 1. The molecule has 11 aromatic carbocycles. The molecule has 0 unspecified atom stereocenters. The van der Waals surface area contributed by atoms with Crippen molar-refractivity contribution in [2.24, 2.45) is 0 Å². The van der Waals surface area contributed by atoms with Gasteiger partial charge in [0.05, 0.1) is 12.8 Å². The molecule has 0 bridgehead atoms. The van der Waals surface area contributed by atoms with Gasteiger partial charge in [0, 0.05) is 16.8 Å². The Hall–Kier alpha value is -6.90. The van der Waals surface area contributed by atoms with Gasteiger partial charge in [-0.3, -0.25) is 0 Å². The Morgan fingerprint density at radius 1 is 0.340 bits per heavy atom. The van der Waals surface area contributed by atoms with Crippen LogP contribution in [-0.4, -0.2) is 7.11 Å². The van der Waals surface area contributed by atoms with Gasteiger partial charge in [-0.05, 0) is 124 Å². The maximum Gasteiger partial charge on any atom is 0.119 e. The Labute approximate surface area is 307 Å². The van der Waals surface area contributed by atoms with Crippen molar-refractivity contribution in [1.29, 1.82) is 0 Å². The molecule has 0 saturated heterocycles. The summed E-state index contributed by atoms with van der Waals surface area (Å²) >= 11 is 0. The van der Waals surface area contributed by atoms with Crippen molar-refractivity contribution in [3.05, 3.63) is 182 Å². The van der Waals surface area contributed by atoms with Crippen LogP contribution in [0.15, 0.2) is 182 Å². The minimum absolute atomic E-state index is 0.838. The van der Waals surface area contributed by atoms with Crippen molar-refractivity contribution in [2.45, 2.75) is 0 Å². The molecule has 0 saturated carbocycles. The Balaban J connectivity index is 1.36. The molecule has 0 heterocycles. The Kier molecular flexibility index (Phi) is 6.50. The van der Waals surface area contributed by atoms with Gasteiger partial charge in [-0.15, -0.1) is 0 Å². The van der Waals surface area contributed by atoms with Crippen molar-refractivity contribution in [3.8, 4) is 28.0 Å². The highest BCUT2D eigenvalue weighted by atomic mass is 16.5. The molecule has 0 aliphatic heterocycles. The minimum atomic E-state index is 0.838. The fourth-order valence-electron chi connectivity index (χ4n) is 9.11. The van der Waals surface area contributed by atoms with Gasteiger partial charge in [0.15, 0.2) is 0 Å². The highest BCUT2D eigenvalue weighted by molar-refractivity contribution is 6.46. The van der Waals surface area contributed by atoms with Crippen LogP contribution in [-0.2, 0) is 0 Å². The van der Waals surface area contributed by atoms with Crippen LogP contribution in [0.3, 0.4) is 0 Å². The lowest BCUT2D eigenvalue weighted by atomic mass is 9.87. The predicted molar refractivity (Wildman–Crippen MR) is 226 cm³/mol. The molecule has 0 radical (unpaired) electrons. The number of benzene rings is 9. The number of fused-ring (bicyclic) bond motifs is 6. The second kappa shape index (κ2) is 11.6. The first-order valence-corrected chi connectivity index (χ1v) is 18.2. The normalized spacial score (nSPS) is 11.9. The van der Waals surface area contributed by atoms with E-state index in [2.05, 4.69) is 175 Å². The van der Waals surface area contributed by atoms with Gasteiger partial charge in [-0.25, -0.2) is 0 Å². The van der Waals surface area contributed by atoms with Crippen LogP contribution < -0.4 is 9.64 Å². The van der Waals surface area contributed by atoms with E-state index in [-0.39, 0.29) is 0 Å². The molecule has 2 nitrogen and oxygen atoms in total. The van der Waals surface area contributed by atoms with E-state index in [0.29, 0.717) is 0 Å². The van der Waals surface area contributed by atoms with E-state index in [9.17, 15) is 0 Å². The summed E-state index contributed by atoms with van der Waals surface area (Å²) in [5.74, 6) is 0.838. The van der Waals surface area contributed by atoms with E-state index < -0.39 is 0 Å². The molecule has 53 heavy (non-hydrogen) atoms. The van der Waals surface area contributed by atoms with Gasteiger partial charge < -0.3 is 9.64 Å². The second-order valence-corrected chi connectivity index (χ2v) is 13.9. The lowest BCUT2D eigenvalue weighted by molar-refractivity contribution is 0.415. The molecule has 0 aromatic heterocycles. The summed E-state index contributed by atoms with van der Waals surface area (Å²) in [6.07, 6.45) is 0. The van der Waals surface area contributed by atoms with Crippen LogP contribution in [0.4, 0.5) is 17.1 Å². The number of rotatable bonds is 6. The average Bonchev–Trinajstić information content (AvgIpc) is 3.74. The lowest BCUT2D eigenvalue weighted by Crippen LogP contribution is -2.10. The van der Waals surface area contributed by atoms with Gasteiger partial charge in [0.2, 0.25) is 0 Å². The summed E-state index contributed by atoms with van der Waals surface area (Å²) in [5.41, 5.74) is 8.40. The van der Waals surface area contributed by atoms with Gasteiger partial charge in [0.1, 0.15) is 5.75 Å². The van der Waals surface area contributed by atoms with Gasteiger partial charge in [-0.1, -0.05) is 140 Å². The van der Waals surface area contributed by atoms with Crippen LogP contribution in [0.1, 0.15) is 0 Å². The summed E-state index contributed by atoms with van der Waals surface area (Å²) in [5, 5.41) is 15.6. The molecule has 0 aliphatic rings. The molecule has 11 aromatic rings. The monoisotopic (exact) mass is 675 g/mol. The minimum Gasteiger partial charge on any atom is -0.497 e. The number of hydrogen-bond acceptors (Lipinski definition) is 2. The summed E-state index contributed by atoms with van der Waals surface area (Å²) < 4.78 is 5.56. The molecule has 2 heteroatoms. The van der Waals surface area contributed by atoms with Gasteiger partial charge >= 0.3 is 0 Å². The molecule has 0 N–H and O–H groups in total. The van der Waals surface area contributed by atoms with Crippen molar-refractivity contribution in [2.75, 3.05) is 12.0 Å². The zero-order valence-electron chi connectivity index (χ0n) is 29.2. The van der Waals surface area contributed by atoms with E-state index in [1.54, 1.807) is 7.11 Å².